The number of amides is 1. The Bertz CT molecular complexity index is 1320. The van der Waals surface area contributed by atoms with E-state index >= 15 is 0 Å². The fraction of sp³-hybridized carbons (Fsp3) is 0.222. The van der Waals surface area contributed by atoms with Gasteiger partial charge in [-0.1, -0.05) is 30.0 Å². The number of benzene rings is 2. The highest BCUT2D eigenvalue weighted by Gasteiger charge is 2.20. The topological polar surface area (TPSA) is 87.3 Å². The van der Waals surface area contributed by atoms with Crippen molar-refractivity contribution < 1.29 is 14.3 Å². The van der Waals surface area contributed by atoms with Gasteiger partial charge >= 0.3 is 0 Å². The van der Waals surface area contributed by atoms with Crippen molar-refractivity contribution in [2.45, 2.75) is 42.0 Å². The van der Waals surface area contributed by atoms with Crippen LogP contribution in [-0.2, 0) is 22.6 Å². The molecular weight excluding hydrogens is 460 g/mol. The number of aromatic nitrogens is 2. The van der Waals surface area contributed by atoms with Gasteiger partial charge < -0.3 is 14.5 Å². The van der Waals surface area contributed by atoms with Gasteiger partial charge in [0.1, 0.15) is 17.8 Å². The Morgan fingerprint density at radius 2 is 1.97 bits per heavy atom. The van der Waals surface area contributed by atoms with Crippen molar-refractivity contribution in [2.75, 3.05) is 6.54 Å². The van der Waals surface area contributed by atoms with Crippen molar-refractivity contribution in [1.82, 2.24) is 20.4 Å². The minimum Gasteiger partial charge on any atom is -0.455 e. The average Bonchev–Trinajstić information content (AvgIpc) is 3.30. The molecule has 3 heterocycles. The number of para-hydroxylation sites is 1. The number of hydrogen-bond acceptors (Lipinski definition) is 6. The van der Waals surface area contributed by atoms with E-state index in [9.17, 15) is 9.59 Å². The SMILES string of the molecule is O=CCCCCN(NCc1cc2cnccc2[nH]1)C(=O)Cc1ccc2c(c1)Oc1ccccc1S2. The van der Waals surface area contributed by atoms with Crippen molar-refractivity contribution in [2.24, 2.45) is 0 Å². The third kappa shape index (κ3) is 5.55. The summed E-state index contributed by atoms with van der Waals surface area (Å²) >= 11 is 1.67. The lowest BCUT2D eigenvalue weighted by Crippen LogP contribution is -2.44. The molecule has 8 heteroatoms. The number of nitrogens with zero attached hydrogens (tertiary/aromatic N) is 2. The summed E-state index contributed by atoms with van der Waals surface area (Å²) in [5.74, 6) is 1.58. The largest absolute Gasteiger partial charge is 0.455 e. The number of aromatic amines is 1. The number of ether oxygens (including phenoxy) is 1. The Balaban J connectivity index is 1.26. The predicted octanol–water partition coefficient (Wildman–Crippen LogP) is 5.26. The summed E-state index contributed by atoms with van der Waals surface area (Å²) in [4.78, 5) is 33.6. The van der Waals surface area contributed by atoms with Gasteiger partial charge in [-0.15, -0.1) is 0 Å². The van der Waals surface area contributed by atoms with Gasteiger partial charge in [-0.25, -0.2) is 5.43 Å². The van der Waals surface area contributed by atoms with Crippen LogP contribution in [0.15, 0.2) is 76.8 Å². The molecule has 0 aliphatic carbocycles. The van der Waals surface area contributed by atoms with Crippen molar-refractivity contribution in [3.8, 4) is 11.5 Å². The van der Waals surface area contributed by atoms with Crippen LogP contribution in [0.25, 0.3) is 10.9 Å². The van der Waals surface area contributed by atoms with Crippen molar-refractivity contribution in [3.05, 3.63) is 78.2 Å². The molecule has 1 amide bonds. The van der Waals surface area contributed by atoms with E-state index in [1.807, 2.05) is 60.8 Å². The molecule has 0 unspecified atom stereocenters. The van der Waals surface area contributed by atoms with Gasteiger partial charge in [-0.2, -0.15) is 0 Å². The summed E-state index contributed by atoms with van der Waals surface area (Å²) < 4.78 is 6.08. The van der Waals surface area contributed by atoms with Gasteiger partial charge in [0.2, 0.25) is 5.91 Å². The third-order valence-corrected chi connectivity index (χ3v) is 6.96. The number of nitrogens with one attached hydrogen (secondary N) is 2. The summed E-state index contributed by atoms with van der Waals surface area (Å²) in [6.07, 6.45) is 6.72. The smallest absolute Gasteiger partial charge is 0.241 e. The molecule has 2 aromatic heterocycles. The van der Waals surface area contributed by atoms with E-state index in [1.54, 1.807) is 23.0 Å². The monoisotopic (exact) mass is 486 g/mol. The molecule has 2 N–H and O–H groups in total. The van der Waals surface area contributed by atoms with Gasteiger partial charge in [-0.05, 0) is 54.8 Å². The Morgan fingerprint density at radius 1 is 1.09 bits per heavy atom. The number of aldehydes is 1. The predicted molar refractivity (Wildman–Crippen MR) is 135 cm³/mol. The third-order valence-electron chi connectivity index (χ3n) is 5.84. The summed E-state index contributed by atoms with van der Waals surface area (Å²) in [7, 11) is 0. The highest BCUT2D eigenvalue weighted by Crippen LogP contribution is 2.46. The molecule has 5 rings (SSSR count). The molecule has 0 saturated heterocycles. The van der Waals surface area contributed by atoms with Gasteiger partial charge in [0, 0.05) is 42.0 Å². The zero-order chi connectivity index (χ0) is 24.0. The maximum absolute atomic E-state index is 13.3. The van der Waals surface area contributed by atoms with Crippen molar-refractivity contribution >= 4 is 34.9 Å². The molecule has 4 aromatic rings. The Labute approximate surface area is 207 Å². The first-order chi connectivity index (χ1) is 17.2. The Kier molecular flexibility index (Phi) is 7.11. The number of fused-ring (bicyclic) bond motifs is 3. The molecule has 0 atom stereocenters. The van der Waals surface area contributed by atoms with Crippen molar-refractivity contribution in [3.63, 3.8) is 0 Å². The molecule has 2 aromatic carbocycles. The van der Waals surface area contributed by atoms with E-state index < -0.39 is 0 Å². The first-order valence-electron chi connectivity index (χ1n) is 11.7. The second-order valence-electron chi connectivity index (χ2n) is 8.41. The molecule has 7 nitrogen and oxygen atoms in total. The van der Waals surface area contributed by atoms with E-state index in [0.717, 1.165) is 62.6 Å². The standard InChI is InChI=1S/C27H26N4O3S/c32-13-5-1-4-12-31(29-18-21-16-20-17-28-11-10-22(20)30-21)27(33)15-19-8-9-26-24(14-19)34-23-6-2-3-7-25(23)35-26/h2-3,6-11,13-14,16-17,29-30H,1,4-5,12,15,18H2. The fourth-order valence-corrected chi connectivity index (χ4v) is 4.98. The molecule has 1 aliphatic rings. The first-order valence-corrected chi connectivity index (χ1v) is 12.5. The van der Waals surface area contributed by atoms with Crippen LogP contribution in [0.5, 0.6) is 11.5 Å². The van der Waals surface area contributed by atoms with Crippen LogP contribution in [0.1, 0.15) is 30.5 Å². The average molecular weight is 487 g/mol. The Hall–Kier alpha value is -3.62. The van der Waals surface area contributed by atoms with Gasteiger partial charge in [0.15, 0.2) is 0 Å². The fourth-order valence-electron chi connectivity index (χ4n) is 4.05. The van der Waals surface area contributed by atoms with Crippen molar-refractivity contribution in [1.29, 1.82) is 0 Å². The summed E-state index contributed by atoms with van der Waals surface area (Å²) in [5.41, 5.74) is 6.15. The van der Waals surface area contributed by atoms with E-state index in [4.69, 9.17) is 4.74 Å². The van der Waals surface area contributed by atoms with Crippen LogP contribution in [0.4, 0.5) is 0 Å². The highest BCUT2D eigenvalue weighted by molar-refractivity contribution is 7.99. The molecule has 0 spiro atoms. The molecule has 0 bridgehead atoms. The second kappa shape index (κ2) is 10.8. The number of hydrogen-bond donors (Lipinski definition) is 2. The maximum atomic E-state index is 13.3. The number of carbonyl (C=O) groups is 2. The quantitative estimate of drug-likeness (QED) is 0.159. The van der Waals surface area contributed by atoms with E-state index in [0.29, 0.717) is 19.5 Å². The number of carbonyl (C=O) groups excluding carboxylic acids is 2. The van der Waals surface area contributed by atoms with Crippen LogP contribution in [0.3, 0.4) is 0 Å². The molecule has 1 aliphatic heterocycles. The van der Waals surface area contributed by atoms with Crippen LogP contribution in [0.2, 0.25) is 0 Å². The van der Waals surface area contributed by atoms with Gasteiger partial charge in [0.25, 0.3) is 0 Å². The molecule has 178 valence electrons. The summed E-state index contributed by atoms with van der Waals surface area (Å²) in [6.45, 7) is 1.01. The van der Waals surface area contributed by atoms with E-state index in [-0.39, 0.29) is 12.3 Å². The first kappa shape index (κ1) is 23.1. The maximum Gasteiger partial charge on any atom is 0.241 e. The normalized spacial score (nSPS) is 12.0. The lowest BCUT2D eigenvalue weighted by molar-refractivity contribution is -0.134. The van der Waals surface area contributed by atoms with Crippen LogP contribution < -0.4 is 10.2 Å². The number of unbranched alkanes of at least 4 members (excludes halogenated alkanes) is 2. The number of pyridine rings is 1. The lowest BCUT2D eigenvalue weighted by Gasteiger charge is -2.24. The second-order valence-corrected chi connectivity index (χ2v) is 9.49. The minimum absolute atomic E-state index is 0.0299. The molecule has 0 radical (unpaired) electrons. The molecular formula is C27H26N4O3S. The van der Waals surface area contributed by atoms with E-state index in [2.05, 4.69) is 15.4 Å². The minimum atomic E-state index is -0.0299. The van der Waals surface area contributed by atoms with Crippen LogP contribution in [0, 0.1) is 0 Å². The number of hydrazine groups is 1. The molecule has 35 heavy (non-hydrogen) atoms. The zero-order valence-electron chi connectivity index (χ0n) is 19.2. The summed E-state index contributed by atoms with van der Waals surface area (Å²) in [6, 6.07) is 17.8. The Morgan fingerprint density at radius 3 is 2.86 bits per heavy atom. The van der Waals surface area contributed by atoms with Crippen LogP contribution in [-0.4, -0.2) is 33.7 Å². The number of H-pyrrole nitrogens is 1. The van der Waals surface area contributed by atoms with Gasteiger partial charge in [-0.3, -0.25) is 14.8 Å². The molecule has 0 saturated carbocycles. The molecule has 0 fully saturated rings. The zero-order valence-corrected chi connectivity index (χ0v) is 20.0. The lowest BCUT2D eigenvalue weighted by atomic mass is 10.1. The van der Waals surface area contributed by atoms with Crippen LogP contribution >= 0.6 is 11.8 Å². The van der Waals surface area contributed by atoms with Gasteiger partial charge in [0.05, 0.1) is 22.8 Å². The number of rotatable bonds is 10. The van der Waals surface area contributed by atoms with E-state index in [1.165, 1.54) is 0 Å². The summed E-state index contributed by atoms with van der Waals surface area (Å²) in [5, 5.41) is 2.69. The highest BCUT2D eigenvalue weighted by atomic mass is 32.2.